The zero-order valence-corrected chi connectivity index (χ0v) is 21.4. The van der Waals surface area contributed by atoms with E-state index in [9.17, 15) is 39.9 Å². The summed E-state index contributed by atoms with van der Waals surface area (Å²) in [6, 6.07) is 0.177. The average Bonchev–Trinajstić information content (AvgIpc) is 2.81. The zero-order chi connectivity index (χ0) is 26.8. The molecule has 5 aliphatic carbocycles. The molecule has 37 heavy (non-hydrogen) atoms. The van der Waals surface area contributed by atoms with E-state index in [1.807, 2.05) is 0 Å². The number of nitrogens with two attached hydrogens (primary N) is 1. The summed E-state index contributed by atoms with van der Waals surface area (Å²) in [6.07, 6.45) is 0.534. The zero-order valence-electron chi connectivity index (χ0n) is 21.4. The molecular weight excluding hydrogens is 480 g/mol. The van der Waals surface area contributed by atoms with E-state index in [1.165, 1.54) is 6.92 Å². The monoisotopic (exact) mass is 522 g/mol. The Labute approximate surface area is 217 Å². The highest BCUT2D eigenvalue weighted by Crippen LogP contribution is 2.58. The number of nitrogens with one attached hydrogen (secondary N) is 1. The fourth-order valence-corrected chi connectivity index (χ4v) is 9.27. The van der Waals surface area contributed by atoms with E-state index in [0.717, 1.165) is 32.1 Å². The summed E-state index contributed by atoms with van der Waals surface area (Å²) in [5, 5.41) is 58.4. The molecule has 10 heteroatoms. The smallest absolute Gasteiger partial charge is 0.225 e. The van der Waals surface area contributed by atoms with Crippen LogP contribution >= 0.6 is 0 Å². The van der Waals surface area contributed by atoms with Crippen molar-refractivity contribution in [3.8, 4) is 0 Å². The highest BCUT2D eigenvalue weighted by atomic mass is 16.4. The summed E-state index contributed by atoms with van der Waals surface area (Å²) in [7, 11) is 0. The lowest BCUT2D eigenvalue weighted by Crippen LogP contribution is -2.73. The van der Waals surface area contributed by atoms with E-state index in [2.05, 4.69) is 5.32 Å². The van der Waals surface area contributed by atoms with Crippen LogP contribution in [0.2, 0.25) is 0 Å². The van der Waals surface area contributed by atoms with Gasteiger partial charge in [-0.2, -0.15) is 0 Å². The van der Waals surface area contributed by atoms with Crippen molar-refractivity contribution < 1.29 is 39.9 Å². The highest BCUT2D eigenvalue weighted by Gasteiger charge is 2.67. The molecule has 208 valence electrons. The molecule has 5 fully saturated rings. The molecule has 12 atom stereocenters. The van der Waals surface area contributed by atoms with Gasteiger partial charge >= 0.3 is 0 Å². The van der Waals surface area contributed by atoms with Gasteiger partial charge in [-0.1, -0.05) is 0 Å². The highest BCUT2D eigenvalue weighted by molar-refractivity contribution is 5.86. The predicted molar refractivity (Wildman–Crippen MR) is 130 cm³/mol. The number of hydrogen-bond donors (Lipinski definition) is 7. The van der Waals surface area contributed by atoms with Crippen LogP contribution in [0.3, 0.4) is 0 Å². The van der Waals surface area contributed by atoms with Crippen molar-refractivity contribution >= 4 is 17.6 Å². The number of Topliss-reactive ketones (excluding diaryl/α,β-unsaturated/α-hetero) is 1. The van der Waals surface area contributed by atoms with E-state index in [0.29, 0.717) is 25.2 Å². The minimum Gasteiger partial charge on any atom is -0.392 e. The third kappa shape index (κ3) is 4.33. The van der Waals surface area contributed by atoms with Crippen LogP contribution in [-0.2, 0) is 14.4 Å². The number of primary amides is 1. The van der Waals surface area contributed by atoms with Gasteiger partial charge in [-0.3, -0.25) is 14.4 Å². The molecule has 10 nitrogen and oxygen atoms in total. The fourth-order valence-electron chi connectivity index (χ4n) is 9.27. The molecule has 8 N–H and O–H groups in total. The van der Waals surface area contributed by atoms with Gasteiger partial charge in [0.25, 0.3) is 0 Å². The summed E-state index contributed by atoms with van der Waals surface area (Å²) in [5.41, 5.74) is 3.25. The first-order chi connectivity index (χ1) is 17.4. The Hall–Kier alpha value is -1.59. The first kappa shape index (κ1) is 27.0. The van der Waals surface area contributed by atoms with Gasteiger partial charge in [0.2, 0.25) is 11.8 Å². The van der Waals surface area contributed by atoms with Gasteiger partial charge in [-0.15, -0.1) is 0 Å². The number of carbonyl (C=O) groups excluding carboxylic acids is 3. The van der Waals surface area contributed by atoms with Crippen molar-refractivity contribution in [3.05, 3.63) is 0 Å². The van der Waals surface area contributed by atoms with Gasteiger partial charge in [0.05, 0.1) is 30.3 Å². The molecule has 5 rings (SSSR count). The molecule has 0 saturated heterocycles. The van der Waals surface area contributed by atoms with Crippen LogP contribution in [0, 0.1) is 47.3 Å². The fraction of sp³-hybridized carbons (Fsp3) is 0.889. The van der Waals surface area contributed by atoms with Crippen LogP contribution in [0.5, 0.6) is 0 Å². The molecule has 2 amide bonds. The molecule has 5 saturated carbocycles. The van der Waals surface area contributed by atoms with Crippen LogP contribution in [0.4, 0.5) is 0 Å². The number of carbonyl (C=O) groups is 3. The van der Waals surface area contributed by atoms with Crippen LogP contribution in [-0.4, -0.2) is 79.2 Å². The van der Waals surface area contributed by atoms with Crippen molar-refractivity contribution in [2.24, 2.45) is 53.1 Å². The molecular formula is C27H42N2O8. The molecule has 0 aromatic heterocycles. The topological polar surface area (TPSA) is 190 Å². The van der Waals surface area contributed by atoms with Crippen LogP contribution < -0.4 is 11.1 Å². The summed E-state index contributed by atoms with van der Waals surface area (Å²) in [4.78, 5) is 37.3. The SMILES string of the molecule is CC(=O)NC1CCC(C2CCC(O)C3C(=O)C4C(O)[C@]5(O)C(O)C(C(N)=O)C(O)C[C@@H]5C[C@@H]4CC23)CC1. The van der Waals surface area contributed by atoms with Crippen molar-refractivity contribution in [1.29, 1.82) is 0 Å². The molecule has 0 aliphatic heterocycles. The Kier molecular flexibility index (Phi) is 7.19. The maximum Gasteiger partial charge on any atom is 0.225 e. The molecule has 0 heterocycles. The lowest BCUT2D eigenvalue weighted by Gasteiger charge is -2.60. The van der Waals surface area contributed by atoms with Crippen LogP contribution in [0.15, 0.2) is 0 Å². The first-order valence-electron chi connectivity index (χ1n) is 14.0. The molecule has 9 unspecified atom stereocenters. The Morgan fingerprint density at radius 2 is 1.51 bits per heavy atom. The number of aliphatic hydroxyl groups is 5. The Balaban J connectivity index is 1.38. The number of rotatable bonds is 3. The van der Waals surface area contributed by atoms with Crippen molar-refractivity contribution in [2.75, 3.05) is 0 Å². The van der Waals surface area contributed by atoms with Gasteiger partial charge in [-0.25, -0.2) is 0 Å². The van der Waals surface area contributed by atoms with Crippen molar-refractivity contribution in [2.45, 2.75) is 101 Å². The van der Waals surface area contributed by atoms with Gasteiger partial charge in [0.1, 0.15) is 11.4 Å². The van der Waals surface area contributed by atoms with E-state index < -0.39 is 59.6 Å². The maximum absolute atomic E-state index is 13.9. The third-order valence-electron chi connectivity index (χ3n) is 10.9. The number of fused-ring (bicyclic) bond motifs is 3. The Morgan fingerprint density at radius 3 is 2.14 bits per heavy atom. The summed E-state index contributed by atoms with van der Waals surface area (Å²) >= 11 is 0. The molecule has 0 aromatic carbocycles. The summed E-state index contributed by atoms with van der Waals surface area (Å²) in [6.45, 7) is 1.53. The molecule has 5 aliphatic rings. The normalized spacial score (nSPS) is 51.8. The minimum absolute atomic E-state index is 0.00292. The third-order valence-corrected chi connectivity index (χ3v) is 10.9. The van der Waals surface area contributed by atoms with Gasteiger partial charge in [0, 0.05) is 24.8 Å². The van der Waals surface area contributed by atoms with E-state index in [1.54, 1.807) is 0 Å². The van der Waals surface area contributed by atoms with Gasteiger partial charge in [-0.05, 0) is 87.4 Å². The quantitative estimate of drug-likeness (QED) is 0.251. The van der Waals surface area contributed by atoms with Crippen LogP contribution in [0.25, 0.3) is 0 Å². The first-order valence-corrected chi connectivity index (χ1v) is 14.0. The Bertz CT molecular complexity index is 922. The second-order valence-electron chi connectivity index (χ2n) is 12.7. The minimum atomic E-state index is -2.14. The second-order valence-corrected chi connectivity index (χ2v) is 12.7. The summed E-state index contributed by atoms with van der Waals surface area (Å²) in [5.74, 6) is -4.59. The van der Waals surface area contributed by atoms with Crippen LogP contribution in [0.1, 0.15) is 64.7 Å². The molecule has 0 bridgehead atoms. The van der Waals surface area contributed by atoms with Gasteiger partial charge < -0.3 is 36.6 Å². The predicted octanol–water partition coefficient (Wildman–Crippen LogP) is -0.771. The van der Waals surface area contributed by atoms with E-state index in [-0.39, 0.29) is 41.9 Å². The average molecular weight is 523 g/mol. The van der Waals surface area contributed by atoms with Crippen molar-refractivity contribution in [3.63, 3.8) is 0 Å². The van der Waals surface area contributed by atoms with E-state index in [4.69, 9.17) is 5.73 Å². The Morgan fingerprint density at radius 1 is 0.838 bits per heavy atom. The number of hydrogen-bond acceptors (Lipinski definition) is 8. The van der Waals surface area contributed by atoms with Gasteiger partial charge in [0.15, 0.2) is 0 Å². The van der Waals surface area contributed by atoms with Crippen molar-refractivity contribution in [1.82, 2.24) is 5.32 Å². The largest absolute Gasteiger partial charge is 0.392 e. The number of amides is 2. The number of aliphatic hydroxyl groups excluding tert-OH is 4. The lowest BCUT2D eigenvalue weighted by atomic mass is 9.47. The molecule has 0 aromatic rings. The summed E-state index contributed by atoms with van der Waals surface area (Å²) < 4.78 is 0. The maximum atomic E-state index is 13.9. The van der Waals surface area contributed by atoms with E-state index >= 15 is 0 Å². The number of ketones is 1. The second kappa shape index (κ2) is 9.86. The lowest BCUT2D eigenvalue weighted by molar-refractivity contribution is -0.265. The molecule has 0 spiro atoms. The molecule has 0 radical (unpaired) electrons. The standard InChI is InChI=1S/C27H42N2O8/c1-11(30)29-15-4-2-12(3-5-15)16-6-7-18(31)21-17(16)9-13-8-14-10-19(32)22(26(28)36)25(35)27(14,37)24(34)20(13)23(21)33/h12-22,24-25,31-32,34-35,37H,2-10H2,1H3,(H2,28,36)(H,29,30)/t12?,13-,14+,15?,16?,17?,18?,19?,20?,21?,22?,24?,25?,27+/m1/s1.